The standard InChI is InChI=1S/C10H16N2O4S2/c1-6(2)4-5-18(15,16)12-9-8(10(13)14)7(3)11-17-9/h6,12H,4-5H2,1-3H3,(H,13,14). The first-order valence-corrected chi connectivity index (χ1v) is 7.85. The summed E-state index contributed by atoms with van der Waals surface area (Å²) in [6.45, 7) is 5.38. The number of aryl methyl sites for hydroxylation is 1. The Labute approximate surface area is 110 Å². The van der Waals surface area contributed by atoms with Crippen LogP contribution in [-0.2, 0) is 10.0 Å². The molecule has 0 aliphatic carbocycles. The van der Waals surface area contributed by atoms with Crippen molar-refractivity contribution in [2.24, 2.45) is 5.92 Å². The van der Waals surface area contributed by atoms with Gasteiger partial charge in [-0.05, 0) is 30.8 Å². The van der Waals surface area contributed by atoms with Crippen molar-refractivity contribution in [3.63, 3.8) is 0 Å². The summed E-state index contributed by atoms with van der Waals surface area (Å²) in [6, 6.07) is 0. The fourth-order valence-electron chi connectivity index (χ4n) is 1.27. The van der Waals surface area contributed by atoms with Gasteiger partial charge in [0.25, 0.3) is 0 Å². The van der Waals surface area contributed by atoms with Gasteiger partial charge in [0.2, 0.25) is 10.0 Å². The Morgan fingerprint density at radius 2 is 2.11 bits per heavy atom. The minimum Gasteiger partial charge on any atom is -0.478 e. The van der Waals surface area contributed by atoms with Crippen molar-refractivity contribution in [3.05, 3.63) is 11.3 Å². The number of anilines is 1. The van der Waals surface area contributed by atoms with Crippen LogP contribution in [0.25, 0.3) is 0 Å². The lowest BCUT2D eigenvalue weighted by atomic mass is 10.2. The summed E-state index contributed by atoms with van der Waals surface area (Å²) in [5, 5.41) is 9.06. The van der Waals surface area contributed by atoms with Crippen molar-refractivity contribution in [2.75, 3.05) is 10.5 Å². The van der Waals surface area contributed by atoms with Crippen molar-refractivity contribution in [2.45, 2.75) is 27.2 Å². The van der Waals surface area contributed by atoms with E-state index in [2.05, 4.69) is 9.10 Å². The van der Waals surface area contributed by atoms with Gasteiger partial charge in [-0.3, -0.25) is 4.72 Å². The van der Waals surface area contributed by atoms with E-state index in [0.29, 0.717) is 12.1 Å². The number of nitrogens with zero attached hydrogens (tertiary/aromatic N) is 1. The fourth-order valence-corrected chi connectivity index (χ4v) is 3.72. The number of hydrogen-bond acceptors (Lipinski definition) is 5. The molecule has 0 radical (unpaired) electrons. The van der Waals surface area contributed by atoms with Crippen LogP contribution in [0, 0.1) is 12.8 Å². The Morgan fingerprint density at radius 1 is 1.50 bits per heavy atom. The van der Waals surface area contributed by atoms with Crippen LogP contribution >= 0.6 is 11.5 Å². The smallest absolute Gasteiger partial charge is 0.340 e. The largest absolute Gasteiger partial charge is 0.478 e. The second kappa shape index (κ2) is 5.66. The van der Waals surface area contributed by atoms with Crippen LogP contribution in [0.4, 0.5) is 5.00 Å². The quantitative estimate of drug-likeness (QED) is 0.835. The average molecular weight is 292 g/mol. The van der Waals surface area contributed by atoms with E-state index in [-0.39, 0.29) is 22.2 Å². The molecule has 0 unspecified atom stereocenters. The summed E-state index contributed by atoms with van der Waals surface area (Å²) in [5.41, 5.74) is 0.238. The van der Waals surface area contributed by atoms with E-state index in [0.717, 1.165) is 11.5 Å². The number of hydrogen-bond donors (Lipinski definition) is 2. The van der Waals surface area contributed by atoms with Crippen molar-refractivity contribution < 1.29 is 18.3 Å². The van der Waals surface area contributed by atoms with Crippen LogP contribution in [0.15, 0.2) is 0 Å². The summed E-state index contributed by atoms with van der Waals surface area (Å²) in [7, 11) is -3.52. The van der Waals surface area contributed by atoms with Gasteiger partial charge in [0.15, 0.2) is 0 Å². The number of nitrogens with one attached hydrogen (secondary N) is 1. The average Bonchev–Trinajstić information content (AvgIpc) is 2.56. The van der Waals surface area contributed by atoms with Crippen LogP contribution in [-0.4, -0.2) is 29.6 Å². The normalized spacial score (nSPS) is 11.8. The second-order valence-electron chi connectivity index (χ2n) is 4.38. The molecule has 0 atom stereocenters. The highest BCUT2D eigenvalue weighted by molar-refractivity contribution is 7.92. The molecule has 0 fully saturated rings. The molecular weight excluding hydrogens is 276 g/mol. The predicted octanol–water partition coefficient (Wildman–Crippen LogP) is 1.94. The SMILES string of the molecule is Cc1nsc(NS(=O)(=O)CCC(C)C)c1C(=O)O. The van der Waals surface area contributed by atoms with E-state index >= 15 is 0 Å². The Hall–Kier alpha value is -1.15. The minimum absolute atomic E-state index is 0.0271. The van der Waals surface area contributed by atoms with Crippen molar-refractivity contribution in [3.8, 4) is 0 Å². The molecule has 102 valence electrons. The summed E-state index contributed by atoms with van der Waals surface area (Å²) in [6.07, 6.45) is 0.523. The van der Waals surface area contributed by atoms with Crippen molar-refractivity contribution >= 4 is 32.5 Å². The monoisotopic (exact) mass is 292 g/mol. The number of carbonyl (C=O) groups is 1. The number of rotatable bonds is 6. The molecule has 0 spiro atoms. The third kappa shape index (κ3) is 3.95. The van der Waals surface area contributed by atoms with Crippen LogP contribution in [0.2, 0.25) is 0 Å². The topological polar surface area (TPSA) is 96.4 Å². The van der Waals surface area contributed by atoms with E-state index in [4.69, 9.17) is 5.11 Å². The third-order valence-electron chi connectivity index (χ3n) is 2.29. The van der Waals surface area contributed by atoms with E-state index < -0.39 is 16.0 Å². The van der Waals surface area contributed by atoms with E-state index in [9.17, 15) is 13.2 Å². The first kappa shape index (κ1) is 14.9. The third-order valence-corrected chi connectivity index (χ3v) is 4.56. The highest BCUT2D eigenvalue weighted by Crippen LogP contribution is 2.25. The van der Waals surface area contributed by atoms with Crippen LogP contribution in [0.1, 0.15) is 36.3 Å². The molecule has 0 aromatic carbocycles. The molecule has 0 aliphatic rings. The molecule has 1 heterocycles. The predicted molar refractivity (Wildman–Crippen MR) is 70.7 cm³/mol. The van der Waals surface area contributed by atoms with Gasteiger partial charge in [0.05, 0.1) is 11.4 Å². The molecule has 1 rings (SSSR count). The fraction of sp³-hybridized carbons (Fsp3) is 0.600. The summed E-state index contributed by atoms with van der Waals surface area (Å²) in [5.74, 6) is -0.938. The van der Waals surface area contributed by atoms with Gasteiger partial charge in [-0.25, -0.2) is 13.2 Å². The lowest BCUT2D eigenvalue weighted by molar-refractivity contribution is 0.0697. The van der Waals surface area contributed by atoms with Crippen molar-refractivity contribution in [1.82, 2.24) is 4.37 Å². The molecule has 0 bridgehead atoms. The number of carboxylic acid groups (broad SMARTS) is 1. The van der Waals surface area contributed by atoms with E-state index in [1.807, 2.05) is 13.8 Å². The van der Waals surface area contributed by atoms with E-state index in [1.165, 1.54) is 6.92 Å². The van der Waals surface area contributed by atoms with Gasteiger partial charge in [-0.2, -0.15) is 4.37 Å². The van der Waals surface area contributed by atoms with Gasteiger partial charge in [0.1, 0.15) is 10.6 Å². The molecule has 6 nitrogen and oxygen atoms in total. The molecule has 1 aromatic heterocycles. The minimum atomic E-state index is -3.52. The molecule has 0 saturated heterocycles. The lowest BCUT2D eigenvalue weighted by Crippen LogP contribution is -2.18. The number of sulfonamides is 1. The highest BCUT2D eigenvalue weighted by atomic mass is 32.2. The van der Waals surface area contributed by atoms with Gasteiger partial charge >= 0.3 is 5.97 Å². The molecular formula is C10H16N2O4S2. The van der Waals surface area contributed by atoms with Crippen LogP contribution in [0.5, 0.6) is 0 Å². The van der Waals surface area contributed by atoms with Gasteiger partial charge in [-0.1, -0.05) is 13.8 Å². The highest BCUT2D eigenvalue weighted by Gasteiger charge is 2.21. The summed E-state index contributed by atoms with van der Waals surface area (Å²) in [4.78, 5) is 11.0. The zero-order valence-electron chi connectivity index (χ0n) is 10.4. The number of aromatic nitrogens is 1. The molecule has 1 aromatic rings. The maximum Gasteiger partial charge on any atom is 0.340 e. The second-order valence-corrected chi connectivity index (χ2v) is 7.00. The molecule has 18 heavy (non-hydrogen) atoms. The molecule has 8 heteroatoms. The first-order chi connectivity index (χ1) is 8.23. The molecule has 2 N–H and O–H groups in total. The van der Waals surface area contributed by atoms with Gasteiger partial charge in [-0.15, -0.1) is 0 Å². The zero-order valence-corrected chi connectivity index (χ0v) is 12.1. The summed E-state index contributed by atoms with van der Waals surface area (Å²) < 4.78 is 29.7. The van der Waals surface area contributed by atoms with Gasteiger partial charge < -0.3 is 5.11 Å². The molecule has 0 aliphatic heterocycles. The Bertz CT molecular complexity index is 534. The van der Waals surface area contributed by atoms with Crippen LogP contribution < -0.4 is 4.72 Å². The number of aromatic carboxylic acids is 1. The first-order valence-electron chi connectivity index (χ1n) is 5.43. The lowest BCUT2D eigenvalue weighted by Gasteiger charge is -2.08. The van der Waals surface area contributed by atoms with Crippen molar-refractivity contribution in [1.29, 1.82) is 0 Å². The Morgan fingerprint density at radius 3 is 2.61 bits per heavy atom. The molecule has 0 saturated carbocycles. The van der Waals surface area contributed by atoms with Crippen LogP contribution in [0.3, 0.4) is 0 Å². The molecule has 0 amide bonds. The maximum atomic E-state index is 11.8. The number of carboxylic acids is 1. The Balaban J connectivity index is 2.88. The maximum absolute atomic E-state index is 11.8. The zero-order chi connectivity index (χ0) is 13.9. The van der Waals surface area contributed by atoms with Gasteiger partial charge in [0, 0.05) is 0 Å². The Kier molecular flexibility index (Phi) is 4.69. The van der Waals surface area contributed by atoms with E-state index in [1.54, 1.807) is 0 Å². The summed E-state index contributed by atoms with van der Waals surface area (Å²) >= 11 is 0.845.